The van der Waals surface area contributed by atoms with Crippen LogP contribution in [-0.4, -0.2) is 39.6 Å². The van der Waals surface area contributed by atoms with Gasteiger partial charge < -0.3 is 10.1 Å². The van der Waals surface area contributed by atoms with Crippen molar-refractivity contribution in [1.82, 2.24) is 25.7 Å². The summed E-state index contributed by atoms with van der Waals surface area (Å²) < 4.78 is 6.88. The number of aromatic nitrogens is 3. The van der Waals surface area contributed by atoms with Crippen LogP contribution >= 0.6 is 0 Å². The number of hydrogen-bond donors (Lipinski definition) is 2. The van der Waals surface area contributed by atoms with Crippen molar-refractivity contribution in [1.29, 1.82) is 0 Å². The van der Waals surface area contributed by atoms with Crippen molar-refractivity contribution in [3.63, 3.8) is 0 Å². The number of ether oxygens (including phenoxy) is 1. The molecule has 0 aliphatic carbocycles. The van der Waals surface area contributed by atoms with Crippen molar-refractivity contribution in [2.45, 2.75) is 13.5 Å². The van der Waals surface area contributed by atoms with E-state index in [-0.39, 0.29) is 5.70 Å². The van der Waals surface area contributed by atoms with Crippen molar-refractivity contribution >= 4 is 34.6 Å². The highest BCUT2D eigenvalue weighted by Gasteiger charge is 2.15. The van der Waals surface area contributed by atoms with Crippen LogP contribution in [0, 0.1) is 0 Å². The van der Waals surface area contributed by atoms with E-state index in [1.807, 2.05) is 30.3 Å². The Kier molecular flexibility index (Phi) is 7.27. The minimum absolute atomic E-state index is 0.0479. The molecule has 0 unspecified atom stereocenters. The van der Waals surface area contributed by atoms with Gasteiger partial charge in [0.2, 0.25) is 0 Å². The first-order valence-corrected chi connectivity index (χ1v) is 10.9. The van der Waals surface area contributed by atoms with Crippen LogP contribution in [0.3, 0.4) is 0 Å². The van der Waals surface area contributed by atoms with Crippen LogP contribution in [0.1, 0.15) is 22.8 Å². The lowest BCUT2D eigenvalue weighted by Gasteiger charge is -2.10. The van der Waals surface area contributed by atoms with Crippen LogP contribution in [0.2, 0.25) is 0 Å². The number of nitrogens with one attached hydrogen (secondary N) is 2. The van der Waals surface area contributed by atoms with E-state index < -0.39 is 11.8 Å². The second kappa shape index (κ2) is 10.9. The van der Waals surface area contributed by atoms with Crippen LogP contribution in [0.5, 0.6) is 5.75 Å². The van der Waals surface area contributed by atoms with E-state index in [0.717, 1.165) is 11.0 Å². The first-order valence-electron chi connectivity index (χ1n) is 10.9. The Labute approximate surface area is 202 Å². The molecular weight excluding hydrogens is 444 g/mol. The number of fused-ring (bicyclic) bond motifs is 1. The van der Waals surface area contributed by atoms with E-state index in [1.165, 1.54) is 0 Å². The number of hydrazone groups is 1. The van der Waals surface area contributed by atoms with Gasteiger partial charge in [-0.2, -0.15) is 5.10 Å². The van der Waals surface area contributed by atoms with Gasteiger partial charge in [0.1, 0.15) is 17.0 Å². The van der Waals surface area contributed by atoms with Gasteiger partial charge in [-0.15, -0.1) is 5.10 Å². The number of nitrogens with zero attached hydrogens (tertiary/aromatic N) is 4. The van der Waals surface area contributed by atoms with Gasteiger partial charge in [0, 0.05) is 5.56 Å². The number of para-hydroxylation sites is 1. The lowest BCUT2D eigenvalue weighted by Crippen LogP contribution is -2.33. The smallest absolute Gasteiger partial charge is 0.287 e. The van der Waals surface area contributed by atoms with Crippen molar-refractivity contribution in [3.05, 3.63) is 95.7 Å². The third-order valence-electron chi connectivity index (χ3n) is 5.10. The quantitative estimate of drug-likeness (QED) is 0.234. The summed E-state index contributed by atoms with van der Waals surface area (Å²) in [5, 5.41) is 15.1. The molecular formula is C26H24N6O3. The van der Waals surface area contributed by atoms with E-state index in [4.69, 9.17) is 4.74 Å². The molecule has 0 radical (unpaired) electrons. The van der Waals surface area contributed by atoms with Crippen LogP contribution < -0.4 is 15.5 Å². The lowest BCUT2D eigenvalue weighted by molar-refractivity contribution is -0.117. The van der Waals surface area contributed by atoms with Crippen LogP contribution in [0.15, 0.2) is 89.7 Å². The fraction of sp³-hybridized carbons (Fsp3) is 0.115. The Bertz CT molecular complexity index is 1390. The Morgan fingerprint density at radius 2 is 1.71 bits per heavy atom. The highest BCUT2D eigenvalue weighted by molar-refractivity contribution is 6.05. The molecule has 0 saturated carbocycles. The number of rotatable bonds is 8. The molecule has 4 rings (SSSR count). The summed E-state index contributed by atoms with van der Waals surface area (Å²) in [6.45, 7) is 2.11. The standard InChI is InChI=1S/C26H24N6O3/c1-18(17-32-24-11-7-6-10-22(24)29-31-32)28-30-26(34)23(16-19-12-14-21(35-2)15-13-19)27-25(33)20-8-4-3-5-9-20/h3-16H,17H2,1-2H3,(H,27,33)(H,30,34)/b23-16-,28-18+. The topological polar surface area (TPSA) is 110 Å². The number of carbonyl (C=O) groups excluding carboxylic acids is 2. The fourth-order valence-corrected chi connectivity index (χ4v) is 3.30. The first kappa shape index (κ1) is 23.4. The van der Waals surface area contributed by atoms with Crippen molar-refractivity contribution in [2.24, 2.45) is 5.10 Å². The van der Waals surface area contributed by atoms with Crippen molar-refractivity contribution < 1.29 is 14.3 Å². The van der Waals surface area contributed by atoms with Gasteiger partial charge in [-0.1, -0.05) is 47.7 Å². The molecule has 9 nitrogen and oxygen atoms in total. The minimum Gasteiger partial charge on any atom is -0.497 e. The second-order valence-electron chi connectivity index (χ2n) is 7.68. The van der Waals surface area contributed by atoms with Gasteiger partial charge in [0.25, 0.3) is 11.8 Å². The largest absolute Gasteiger partial charge is 0.497 e. The van der Waals surface area contributed by atoms with Gasteiger partial charge in [-0.05, 0) is 55.0 Å². The summed E-state index contributed by atoms with van der Waals surface area (Å²) in [7, 11) is 1.58. The number of amides is 2. The summed E-state index contributed by atoms with van der Waals surface area (Å²) in [5.74, 6) is -0.287. The predicted molar refractivity (Wildman–Crippen MR) is 134 cm³/mol. The minimum atomic E-state index is -0.562. The molecule has 1 aromatic heterocycles. The van der Waals surface area contributed by atoms with Crippen molar-refractivity contribution in [3.8, 4) is 5.75 Å². The van der Waals surface area contributed by atoms with E-state index in [1.54, 1.807) is 73.3 Å². The maximum Gasteiger partial charge on any atom is 0.287 e. The van der Waals surface area contributed by atoms with Gasteiger partial charge in [-0.25, -0.2) is 10.1 Å². The normalized spacial score (nSPS) is 11.8. The number of hydrogen-bond acceptors (Lipinski definition) is 6. The molecule has 0 fully saturated rings. The maximum absolute atomic E-state index is 13.0. The fourth-order valence-electron chi connectivity index (χ4n) is 3.30. The molecule has 0 spiro atoms. The lowest BCUT2D eigenvalue weighted by atomic mass is 10.1. The molecule has 0 aliphatic rings. The molecule has 1 heterocycles. The number of benzene rings is 3. The third-order valence-corrected chi connectivity index (χ3v) is 5.10. The zero-order valence-electron chi connectivity index (χ0n) is 19.3. The van der Waals surface area contributed by atoms with E-state index in [2.05, 4.69) is 26.2 Å². The Morgan fingerprint density at radius 1 is 1.00 bits per heavy atom. The summed E-state index contributed by atoms with van der Waals surface area (Å²) in [4.78, 5) is 25.7. The average molecular weight is 469 g/mol. The second-order valence-corrected chi connectivity index (χ2v) is 7.68. The summed E-state index contributed by atoms with van der Waals surface area (Å²) in [6, 6.07) is 23.3. The maximum atomic E-state index is 13.0. The van der Waals surface area contributed by atoms with Gasteiger partial charge in [-0.3, -0.25) is 9.59 Å². The molecule has 4 aromatic rings. The number of carbonyl (C=O) groups is 2. The average Bonchev–Trinajstić information content (AvgIpc) is 3.30. The van der Waals surface area contributed by atoms with Gasteiger partial charge >= 0.3 is 0 Å². The summed E-state index contributed by atoms with van der Waals surface area (Å²) in [6.07, 6.45) is 1.57. The molecule has 176 valence electrons. The highest BCUT2D eigenvalue weighted by Crippen LogP contribution is 2.14. The van der Waals surface area contributed by atoms with Crippen LogP contribution in [0.4, 0.5) is 0 Å². The monoisotopic (exact) mass is 468 g/mol. The molecule has 0 bridgehead atoms. The Hall–Kier alpha value is -4.79. The third kappa shape index (κ3) is 5.97. The Balaban J connectivity index is 1.52. The van der Waals surface area contributed by atoms with E-state index in [9.17, 15) is 9.59 Å². The zero-order chi connectivity index (χ0) is 24.6. The molecule has 9 heteroatoms. The SMILES string of the molecule is COc1ccc(/C=C(\NC(=O)c2ccccc2)C(=O)N/N=C(\C)Cn2nnc3ccccc32)cc1. The van der Waals surface area contributed by atoms with Gasteiger partial charge in [0.15, 0.2) is 0 Å². The molecule has 0 atom stereocenters. The van der Waals surface area contributed by atoms with Crippen molar-refractivity contribution in [2.75, 3.05) is 7.11 Å². The Morgan fingerprint density at radius 3 is 2.46 bits per heavy atom. The van der Waals surface area contributed by atoms with Gasteiger partial charge in [0.05, 0.1) is 24.9 Å². The molecule has 0 aliphatic heterocycles. The number of methoxy groups -OCH3 is 1. The molecule has 2 N–H and O–H groups in total. The first-order chi connectivity index (χ1) is 17.0. The summed E-state index contributed by atoms with van der Waals surface area (Å²) in [5.41, 5.74) is 5.95. The predicted octanol–water partition coefficient (Wildman–Crippen LogP) is 3.40. The van der Waals surface area contributed by atoms with Crippen LogP contribution in [0.25, 0.3) is 17.1 Å². The molecule has 0 saturated heterocycles. The zero-order valence-corrected chi connectivity index (χ0v) is 19.3. The molecule has 35 heavy (non-hydrogen) atoms. The molecule has 3 aromatic carbocycles. The highest BCUT2D eigenvalue weighted by atomic mass is 16.5. The summed E-state index contributed by atoms with van der Waals surface area (Å²) >= 11 is 0. The van der Waals surface area contributed by atoms with Crippen LogP contribution in [-0.2, 0) is 11.3 Å². The van der Waals surface area contributed by atoms with E-state index >= 15 is 0 Å². The van der Waals surface area contributed by atoms with E-state index in [0.29, 0.717) is 29.1 Å². The molecule has 2 amide bonds.